The largest absolute Gasteiger partial charge is 0.497 e. The minimum absolute atomic E-state index is 0.0289. The lowest BCUT2D eigenvalue weighted by Gasteiger charge is -2.19. The van der Waals surface area contributed by atoms with Crippen molar-refractivity contribution in [2.45, 2.75) is 17.6 Å². The third-order valence-corrected chi connectivity index (χ3v) is 5.80. The van der Waals surface area contributed by atoms with E-state index in [4.69, 9.17) is 16.3 Å². The van der Waals surface area contributed by atoms with Crippen LogP contribution in [0.1, 0.15) is 11.1 Å². The first-order valence-corrected chi connectivity index (χ1v) is 8.83. The SMILES string of the molecule is COc1ccc(CN(C)S(=O)(=O)c2cc(C(F)(F)F)ccc2Cl)cc1. The van der Waals surface area contributed by atoms with Crippen molar-refractivity contribution in [1.29, 1.82) is 0 Å². The quantitative estimate of drug-likeness (QED) is 0.765. The summed E-state index contributed by atoms with van der Waals surface area (Å²) in [4.78, 5) is -0.583. The highest BCUT2D eigenvalue weighted by atomic mass is 35.5. The van der Waals surface area contributed by atoms with Crippen molar-refractivity contribution in [2.24, 2.45) is 0 Å². The molecule has 136 valence electrons. The maximum Gasteiger partial charge on any atom is 0.416 e. The second kappa shape index (κ2) is 7.23. The fourth-order valence-corrected chi connectivity index (χ4v) is 3.77. The normalized spacial score (nSPS) is 12.4. The van der Waals surface area contributed by atoms with Crippen LogP contribution in [0.4, 0.5) is 13.2 Å². The van der Waals surface area contributed by atoms with Crippen molar-refractivity contribution >= 4 is 21.6 Å². The zero-order valence-electron chi connectivity index (χ0n) is 13.3. The highest BCUT2D eigenvalue weighted by molar-refractivity contribution is 7.89. The summed E-state index contributed by atoms with van der Waals surface area (Å²) in [6.07, 6.45) is -4.66. The van der Waals surface area contributed by atoms with Gasteiger partial charge in [0.1, 0.15) is 10.6 Å². The first kappa shape index (κ1) is 19.6. The molecule has 0 bridgehead atoms. The molecular formula is C16H15ClF3NO3S. The maximum absolute atomic E-state index is 12.8. The van der Waals surface area contributed by atoms with Gasteiger partial charge < -0.3 is 4.74 Å². The second-order valence-electron chi connectivity index (χ2n) is 5.25. The van der Waals surface area contributed by atoms with Gasteiger partial charge in [-0.25, -0.2) is 8.42 Å². The second-order valence-corrected chi connectivity index (χ2v) is 7.67. The minimum Gasteiger partial charge on any atom is -0.497 e. The summed E-state index contributed by atoms with van der Waals surface area (Å²) in [7, 11) is -1.42. The van der Waals surface area contributed by atoms with Crippen LogP contribution in [0.2, 0.25) is 5.02 Å². The van der Waals surface area contributed by atoms with Crippen molar-refractivity contribution in [3.8, 4) is 5.75 Å². The standard InChI is InChI=1S/C16H15ClF3NO3S/c1-21(10-11-3-6-13(24-2)7-4-11)25(22,23)15-9-12(16(18,19)20)5-8-14(15)17/h3-9H,10H2,1-2H3. The lowest BCUT2D eigenvalue weighted by atomic mass is 10.2. The highest BCUT2D eigenvalue weighted by Crippen LogP contribution is 2.34. The maximum atomic E-state index is 12.8. The van der Waals surface area contributed by atoms with Crippen LogP contribution in [0.5, 0.6) is 5.75 Å². The molecule has 0 saturated carbocycles. The van der Waals surface area contributed by atoms with Crippen LogP contribution < -0.4 is 4.74 Å². The van der Waals surface area contributed by atoms with Gasteiger partial charge in [-0.1, -0.05) is 23.7 Å². The molecule has 2 aromatic rings. The zero-order chi connectivity index (χ0) is 18.8. The average Bonchev–Trinajstić information content (AvgIpc) is 2.54. The van der Waals surface area contributed by atoms with Crippen molar-refractivity contribution in [2.75, 3.05) is 14.2 Å². The third-order valence-electron chi connectivity index (χ3n) is 3.51. The Hall–Kier alpha value is -1.77. The van der Waals surface area contributed by atoms with E-state index in [1.807, 2.05) is 0 Å². The van der Waals surface area contributed by atoms with Gasteiger partial charge in [0.05, 0.1) is 17.7 Å². The molecule has 0 spiro atoms. The van der Waals surface area contributed by atoms with Crippen LogP contribution in [-0.4, -0.2) is 26.9 Å². The van der Waals surface area contributed by atoms with Gasteiger partial charge in [-0.05, 0) is 35.9 Å². The van der Waals surface area contributed by atoms with Gasteiger partial charge in [0.25, 0.3) is 0 Å². The molecule has 0 aliphatic carbocycles. The predicted molar refractivity (Wildman–Crippen MR) is 88.1 cm³/mol. The number of benzene rings is 2. The number of hydrogen-bond acceptors (Lipinski definition) is 3. The van der Waals surface area contributed by atoms with E-state index in [0.717, 1.165) is 16.4 Å². The molecule has 25 heavy (non-hydrogen) atoms. The number of ether oxygens (including phenoxy) is 1. The third kappa shape index (κ3) is 4.45. The summed E-state index contributed by atoms with van der Waals surface area (Å²) in [6, 6.07) is 8.86. The van der Waals surface area contributed by atoms with Crippen LogP contribution in [0.25, 0.3) is 0 Å². The van der Waals surface area contributed by atoms with Gasteiger partial charge in [-0.15, -0.1) is 0 Å². The van der Waals surface area contributed by atoms with Crippen molar-refractivity contribution in [3.05, 3.63) is 58.6 Å². The summed E-state index contributed by atoms with van der Waals surface area (Å²) in [6.45, 7) is -0.0289. The van der Waals surface area contributed by atoms with E-state index in [0.29, 0.717) is 17.4 Å². The average molecular weight is 394 g/mol. The lowest BCUT2D eigenvalue weighted by molar-refractivity contribution is -0.137. The fourth-order valence-electron chi connectivity index (χ4n) is 2.12. The van der Waals surface area contributed by atoms with Gasteiger partial charge in [-0.2, -0.15) is 17.5 Å². The molecule has 0 unspecified atom stereocenters. The van der Waals surface area contributed by atoms with E-state index in [1.54, 1.807) is 24.3 Å². The predicted octanol–water partition coefficient (Wildman–Crippen LogP) is 4.19. The molecular weight excluding hydrogens is 379 g/mol. The van der Waals surface area contributed by atoms with Crippen molar-refractivity contribution in [3.63, 3.8) is 0 Å². The number of methoxy groups -OCH3 is 1. The van der Waals surface area contributed by atoms with Crippen LogP contribution in [0.3, 0.4) is 0 Å². The van der Waals surface area contributed by atoms with Gasteiger partial charge in [0.15, 0.2) is 0 Å². The van der Waals surface area contributed by atoms with Crippen LogP contribution >= 0.6 is 11.6 Å². The number of nitrogens with zero attached hydrogens (tertiary/aromatic N) is 1. The molecule has 0 fully saturated rings. The van der Waals surface area contributed by atoms with E-state index in [2.05, 4.69) is 0 Å². The van der Waals surface area contributed by atoms with Gasteiger partial charge in [0.2, 0.25) is 10.0 Å². The van der Waals surface area contributed by atoms with Crippen LogP contribution in [0.15, 0.2) is 47.4 Å². The number of halogens is 4. The Morgan fingerprint density at radius 1 is 1.12 bits per heavy atom. The van der Waals surface area contributed by atoms with Crippen molar-refractivity contribution < 1.29 is 26.3 Å². The molecule has 0 aromatic heterocycles. The van der Waals surface area contributed by atoms with Gasteiger partial charge >= 0.3 is 6.18 Å². The zero-order valence-corrected chi connectivity index (χ0v) is 14.9. The van der Waals surface area contributed by atoms with E-state index >= 15 is 0 Å². The molecule has 0 N–H and O–H groups in total. The smallest absolute Gasteiger partial charge is 0.416 e. The molecule has 2 aromatic carbocycles. The Balaban J connectivity index is 2.33. The van der Waals surface area contributed by atoms with Crippen LogP contribution in [-0.2, 0) is 22.7 Å². The molecule has 2 rings (SSSR count). The number of sulfonamides is 1. The highest BCUT2D eigenvalue weighted by Gasteiger charge is 2.33. The Morgan fingerprint density at radius 3 is 2.24 bits per heavy atom. The fraction of sp³-hybridized carbons (Fsp3) is 0.250. The monoisotopic (exact) mass is 393 g/mol. The molecule has 0 saturated heterocycles. The summed E-state index contributed by atoms with van der Waals surface area (Å²) in [5, 5.41) is -0.269. The summed E-state index contributed by atoms with van der Waals surface area (Å²) in [5.74, 6) is 0.607. The van der Waals surface area contributed by atoms with Gasteiger partial charge in [0, 0.05) is 13.6 Å². The Bertz CT molecular complexity index is 852. The first-order chi connectivity index (χ1) is 11.6. The number of rotatable bonds is 5. The summed E-state index contributed by atoms with van der Waals surface area (Å²) < 4.78 is 69.7. The topological polar surface area (TPSA) is 46.6 Å². The minimum atomic E-state index is -4.66. The molecule has 0 atom stereocenters. The van der Waals surface area contributed by atoms with E-state index in [-0.39, 0.29) is 11.6 Å². The molecule has 0 aliphatic rings. The Labute approximate surface area is 148 Å². The lowest BCUT2D eigenvalue weighted by Crippen LogP contribution is -2.27. The molecule has 0 amide bonds. The summed E-state index contributed by atoms with van der Waals surface area (Å²) in [5.41, 5.74) is -0.428. The number of hydrogen-bond donors (Lipinski definition) is 0. The van der Waals surface area contributed by atoms with Crippen LogP contribution in [0, 0.1) is 0 Å². The number of alkyl halides is 3. The molecule has 0 aliphatic heterocycles. The molecule has 0 radical (unpaired) electrons. The van der Waals surface area contributed by atoms with E-state index < -0.39 is 26.7 Å². The summed E-state index contributed by atoms with van der Waals surface area (Å²) >= 11 is 5.83. The molecule has 9 heteroatoms. The molecule has 0 heterocycles. The molecule has 4 nitrogen and oxygen atoms in total. The van der Waals surface area contributed by atoms with Crippen molar-refractivity contribution in [1.82, 2.24) is 4.31 Å². The van der Waals surface area contributed by atoms with Gasteiger partial charge in [-0.3, -0.25) is 0 Å². The first-order valence-electron chi connectivity index (χ1n) is 7.01. The Morgan fingerprint density at radius 2 is 1.72 bits per heavy atom. The van der Waals surface area contributed by atoms with E-state index in [9.17, 15) is 21.6 Å². The Kier molecular flexibility index (Phi) is 5.65. The van der Waals surface area contributed by atoms with E-state index in [1.165, 1.54) is 14.2 Å².